The number of thioether (sulfide) groups is 1. The highest BCUT2D eigenvalue weighted by atomic mass is 32.2. The fourth-order valence-electron chi connectivity index (χ4n) is 1.33. The number of thiophene rings is 1. The average Bonchev–Trinajstić information content (AvgIpc) is 2.66. The van der Waals surface area contributed by atoms with Crippen LogP contribution in [-0.2, 0) is 4.74 Å². The van der Waals surface area contributed by atoms with Gasteiger partial charge in [0, 0.05) is 6.20 Å². The molecule has 0 bridgehead atoms. The lowest BCUT2D eigenvalue weighted by molar-refractivity contribution is 0.0533. The van der Waals surface area contributed by atoms with E-state index in [0.717, 1.165) is 0 Å². The maximum Gasteiger partial charge on any atom is 0.350 e. The number of rotatable bonds is 3. The zero-order valence-corrected chi connectivity index (χ0v) is 11.0. The molecular formula is C10H11N3O2S2. The van der Waals surface area contributed by atoms with Crippen LogP contribution in [-0.4, -0.2) is 28.8 Å². The van der Waals surface area contributed by atoms with Gasteiger partial charge in [0.1, 0.15) is 9.71 Å². The number of nitrogens with two attached hydrogens (primary N) is 1. The Kier molecular flexibility index (Phi) is 3.49. The first-order valence-electron chi connectivity index (χ1n) is 4.93. The third-order valence-electron chi connectivity index (χ3n) is 2.11. The Morgan fingerprint density at radius 1 is 1.65 bits per heavy atom. The molecule has 0 aromatic carbocycles. The molecule has 5 nitrogen and oxygen atoms in total. The smallest absolute Gasteiger partial charge is 0.350 e. The molecule has 0 saturated heterocycles. The number of aromatic nitrogens is 2. The van der Waals surface area contributed by atoms with Gasteiger partial charge in [0.25, 0.3) is 0 Å². The molecule has 7 heteroatoms. The number of hydrogen-bond acceptors (Lipinski definition) is 7. The SMILES string of the molecule is CCOC(=O)c1sc2nc(SC)ncc2c1N. The van der Waals surface area contributed by atoms with Crippen LogP contribution in [0.5, 0.6) is 0 Å². The lowest BCUT2D eigenvalue weighted by Gasteiger charge is -1.98. The Hall–Kier alpha value is -1.34. The number of esters is 1. The predicted octanol–water partition coefficient (Wildman–Crippen LogP) is 2.17. The lowest BCUT2D eigenvalue weighted by atomic mass is 10.3. The van der Waals surface area contributed by atoms with Crippen molar-refractivity contribution in [1.82, 2.24) is 9.97 Å². The summed E-state index contributed by atoms with van der Waals surface area (Å²) in [6.07, 6.45) is 3.53. The maximum absolute atomic E-state index is 11.6. The van der Waals surface area contributed by atoms with Gasteiger partial charge in [-0.1, -0.05) is 11.8 Å². The summed E-state index contributed by atoms with van der Waals surface area (Å²) in [5.41, 5.74) is 6.28. The molecule has 0 amide bonds. The quantitative estimate of drug-likeness (QED) is 0.522. The van der Waals surface area contributed by atoms with Crippen molar-refractivity contribution in [2.45, 2.75) is 12.1 Å². The van der Waals surface area contributed by atoms with Gasteiger partial charge in [0.15, 0.2) is 5.16 Å². The zero-order chi connectivity index (χ0) is 12.4. The number of fused-ring (bicyclic) bond motifs is 1. The predicted molar refractivity (Wildman–Crippen MR) is 69.6 cm³/mol. The summed E-state index contributed by atoms with van der Waals surface area (Å²) in [5.74, 6) is -0.404. The number of anilines is 1. The molecule has 0 unspecified atom stereocenters. The Bertz CT molecular complexity index is 568. The number of nitrogen functional groups attached to an aromatic ring is 1. The van der Waals surface area contributed by atoms with Gasteiger partial charge >= 0.3 is 5.97 Å². The fourth-order valence-corrected chi connectivity index (χ4v) is 2.69. The molecule has 0 aliphatic rings. The molecule has 0 aliphatic heterocycles. The first-order valence-corrected chi connectivity index (χ1v) is 6.97. The van der Waals surface area contributed by atoms with E-state index in [9.17, 15) is 4.79 Å². The number of carbonyl (C=O) groups is 1. The topological polar surface area (TPSA) is 78.1 Å². The minimum Gasteiger partial charge on any atom is -0.462 e. The van der Waals surface area contributed by atoms with E-state index in [1.165, 1.54) is 23.1 Å². The molecule has 90 valence electrons. The fraction of sp³-hybridized carbons (Fsp3) is 0.300. The molecule has 0 aliphatic carbocycles. The molecule has 0 fully saturated rings. The molecule has 0 radical (unpaired) electrons. The average molecular weight is 269 g/mol. The third-order valence-corrected chi connectivity index (χ3v) is 3.77. The van der Waals surface area contributed by atoms with E-state index in [1.54, 1.807) is 13.1 Å². The molecule has 2 aromatic rings. The summed E-state index contributed by atoms with van der Waals surface area (Å²) in [7, 11) is 0. The number of hydrogen-bond donors (Lipinski definition) is 1. The zero-order valence-electron chi connectivity index (χ0n) is 9.39. The summed E-state index contributed by atoms with van der Waals surface area (Å²) in [4.78, 5) is 21.2. The first-order chi connectivity index (χ1) is 8.17. The molecule has 0 atom stereocenters. The van der Waals surface area contributed by atoms with E-state index in [4.69, 9.17) is 10.5 Å². The number of ether oxygens (including phenoxy) is 1. The van der Waals surface area contributed by atoms with Crippen LogP contribution < -0.4 is 5.73 Å². The van der Waals surface area contributed by atoms with E-state index in [1.807, 2.05) is 6.26 Å². The van der Waals surface area contributed by atoms with Crippen LogP contribution in [0.3, 0.4) is 0 Å². The summed E-state index contributed by atoms with van der Waals surface area (Å²) < 4.78 is 4.93. The van der Waals surface area contributed by atoms with Crippen molar-refractivity contribution in [3.8, 4) is 0 Å². The van der Waals surface area contributed by atoms with Crippen LogP contribution in [0.15, 0.2) is 11.4 Å². The van der Waals surface area contributed by atoms with Gasteiger partial charge in [-0.05, 0) is 13.2 Å². The highest BCUT2D eigenvalue weighted by Gasteiger charge is 2.18. The highest BCUT2D eigenvalue weighted by Crippen LogP contribution is 2.33. The number of nitrogens with zero attached hydrogens (tertiary/aromatic N) is 2. The molecule has 17 heavy (non-hydrogen) atoms. The molecule has 2 rings (SSSR count). The van der Waals surface area contributed by atoms with Crippen LogP contribution >= 0.6 is 23.1 Å². The van der Waals surface area contributed by atoms with E-state index in [-0.39, 0.29) is 0 Å². The van der Waals surface area contributed by atoms with Crippen LogP contribution in [0, 0.1) is 0 Å². The minimum atomic E-state index is -0.404. The monoisotopic (exact) mass is 269 g/mol. The van der Waals surface area contributed by atoms with Crippen molar-refractivity contribution < 1.29 is 9.53 Å². The molecule has 2 aromatic heterocycles. The van der Waals surface area contributed by atoms with Crippen molar-refractivity contribution in [3.05, 3.63) is 11.1 Å². The van der Waals surface area contributed by atoms with Crippen LogP contribution in [0.1, 0.15) is 16.6 Å². The van der Waals surface area contributed by atoms with E-state index in [2.05, 4.69) is 9.97 Å². The van der Waals surface area contributed by atoms with Crippen LogP contribution in [0.2, 0.25) is 0 Å². The third kappa shape index (κ3) is 2.20. The van der Waals surface area contributed by atoms with Gasteiger partial charge in [0.2, 0.25) is 0 Å². The number of carbonyl (C=O) groups excluding carboxylic acids is 1. The first kappa shape index (κ1) is 12.1. The molecule has 2 heterocycles. The Morgan fingerprint density at radius 3 is 3.06 bits per heavy atom. The summed E-state index contributed by atoms with van der Waals surface area (Å²) in [5, 5.41) is 1.37. The molecule has 2 N–H and O–H groups in total. The van der Waals surface area contributed by atoms with E-state index in [0.29, 0.717) is 32.5 Å². The van der Waals surface area contributed by atoms with Crippen molar-refractivity contribution >= 4 is 45.0 Å². The van der Waals surface area contributed by atoms with Gasteiger partial charge in [-0.2, -0.15) is 0 Å². The van der Waals surface area contributed by atoms with Gasteiger partial charge in [-0.3, -0.25) is 0 Å². The van der Waals surface area contributed by atoms with Crippen LogP contribution in [0.4, 0.5) is 5.69 Å². The Balaban J connectivity index is 2.52. The second-order valence-electron chi connectivity index (χ2n) is 3.14. The van der Waals surface area contributed by atoms with Gasteiger partial charge in [0.05, 0.1) is 17.7 Å². The van der Waals surface area contributed by atoms with E-state index >= 15 is 0 Å². The summed E-state index contributed by atoms with van der Waals surface area (Å²) >= 11 is 2.68. The Morgan fingerprint density at radius 2 is 2.41 bits per heavy atom. The normalized spacial score (nSPS) is 10.7. The van der Waals surface area contributed by atoms with Gasteiger partial charge in [-0.15, -0.1) is 11.3 Å². The lowest BCUT2D eigenvalue weighted by Crippen LogP contribution is -2.04. The molecular weight excluding hydrogens is 258 g/mol. The van der Waals surface area contributed by atoms with Crippen molar-refractivity contribution in [2.75, 3.05) is 18.6 Å². The van der Waals surface area contributed by atoms with Gasteiger partial charge < -0.3 is 10.5 Å². The van der Waals surface area contributed by atoms with Crippen molar-refractivity contribution in [1.29, 1.82) is 0 Å². The Labute approximate surface area is 106 Å². The maximum atomic E-state index is 11.6. The molecule has 0 saturated carbocycles. The second-order valence-corrected chi connectivity index (χ2v) is 4.91. The van der Waals surface area contributed by atoms with Gasteiger partial charge in [-0.25, -0.2) is 14.8 Å². The summed E-state index contributed by atoms with van der Waals surface area (Å²) in [6, 6.07) is 0. The highest BCUT2D eigenvalue weighted by molar-refractivity contribution is 7.98. The standard InChI is InChI=1S/C10H11N3O2S2/c1-3-15-9(14)7-6(11)5-4-12-10(16-2)13-8(5)17-7/h4H,3,11H2,1-2H3. The summed E-state index contributed by atoms with van der Waals surface area (Å²) in [6.45, 7) is 2.08. The van der Waals surface area contributed by atoms with E-state index < -0.39 is 5.97 Å². The van der Waals surface area contributed by atoms with Crippen LogP contribution in [0.25, 0.3) is 10.2 Å². The molecule has 0 spiro atoms. The van der Waals surface area contributed by atoms with Crippen molar-refractivity contribution in [3.63, 3.8) is 0 Å². The van der Waals surface area contributed by atoms with Crippen molar-refractivity contribution in [2.24, 2.45) is 0 Å². The largest absolute Gasteiger partial charge is 0.462 e. The second kappa shape index (κ2) is 4.89. The minimum absolute atomic E-state index is 0.328.